The predicted octanol–water partition coefficient (Wildman–Crippen LogP) is 7.05. The average molecular weight is 404 g/mol. The van der Waals surface area contributed by atoms with Crippen LogP contribution in [0.25, 0.3) is 10.9 Å². The lowest BCUT2D eigenvalue weighted by Gasteiger charge is -2.37. The third kappa shape index (κ3) is 3.27. The monoisotopic (exact) mass is 403 g/mol. The van der Waals surface area contributed by atoms with E-state index in [0.29, 0.717) is 17.9 Å². The lowest BCUT2D eigenvalue weighted by molar-refractivity contribution is 0.425. The molecule has 0 spiro atoms. The van der Waals surface area contributed by atoms with Gasteiger partial charge in [0.25, 0.3) is 0 Å². The second-order valence-corrected chi connectivity index (χ2v) is 8.73. The number of aromatic amines is 1. The number of aliphatic imine (C=N–C) groups is 1. The first-order chi connectivity index (χ1) is 15.2. The number of hydrogen-bond acceptors (Lipinski definition) is 2. The molecule has 0 saturated heterocycles. The number of H-pyrrole nitrogens is 1. The summed E-state index contributed by atoms with van der Waals surface area (Å²) < 4.78 is 0. The van der Waals surface area contributed by atoms with Crippen LogP contribution in [0, 0.1) is 12.8 Å². The molecule has 2 aliphatic rings. The first kappa shape index (κ1) is 18.2. The first-order valence-electron chi connectivity index (χ1n) is 11.0. The van der Waals surface area contributed by atoms with E-state index in [1.54, 1.807) is 0 Å². The van der Waals surface area contributed by atoms with Gasteiger partial charge in [-0.05, 0) is 60.7 Å². The van der Waals surface area contributed by atoms with Gasteiger partial charge in [0, 0.05) is 22.5 Å². The summed E-state index contributed by atoms with van der Waals surface area (Å²) in [6.07, 6.45) is 7.77. The topological polar surface area (TPSA) is 40.2 Å². The summed E-state index contributed by atoms with van der Waals surface area (Å²) >= 11 is 0. The summed E-state index contributed by atoms with van der Waals surface area (Å²) in [7, 11) is 0. The Morgan fingerprint density at radius 1 is 0.968 bits per heavy atom. The number of nitrogens with one attached hydrogen (secondary N) is 2. The summed E-state index contributed by atoms with van der Waals surface area (Å²) in [5.41, 5.74) is 8.49. The van der Waals surface area contributed by atoms with Crippen molar-refractivity contribution >= 4 is 28.5 Å². The van der Waals surface area contributed by atoms with Crippen molar-refractivity contribution in [2.24, 2.45) is 10.9 Å². The predicted molar refractivity (Wildman–Crippen MR) is 130 cm³/mol. The zero-order chi connectivity index (χ0) is 20.8. The highest BCUT2D eigenvalue weighted by Crippen LogP contribution is 2.50. The Morgan fingerprint density at radius 2 is 1.84 bits per heavy atom. The van der Waals surface area contributed by atoms with Gasteiger partial charge in [-0.1, -0.05) is 60.2 Å². The van der Waals surface area contributed by atoms with Crippen LogP contribution in [-0.2, 0) is 0 Å². The number of aromatic nitrogens is 1. The van der Waals surface area contributed by atoms with E-state index in [4.69, 9.17) is 0 Å². The average Bonchev–Trinajstić information content (AvgIpc) is 3.45. The van der Waals surface area contributed by atoms with Crippen molar-refractivity contribution in [2.45, 2.75) is 25.3 Å². The number of aryl methyl sites for hydroxylation is 1. The second kappa shape index (κ2) is 7.28. The van der Waals surface area contributed by atoms with Gasteiger partial charge < -0.3 is 10.3 Å². The van der Waals surface area contributed by atoms with Gasteiger partial charge in [-0.25, -0.2) is 0 Å². The molecule has 0 radical (unpaired) electrons. The van der Waals surface area contributed by atoms with Crippen LogP contribution in [0.5, 0.6) is 0 Å². The van der Waals surface area contributed by atoms with E-state index in [1.165, 1.54) is 27.8 Å². The molecule has 3 aromatic carbocycles. The quantitative estimate of drug-likeness (QED) is 0.279. The van der Waals surface area contributed by atoms with Crippen LogP contribution in [-0.4, -0.2) is 11.2 Å². The number of nitrogens with zero attached hydrogens (tertiary/aromatic N) is 1. The molecule has 152 valence electrons. The minimum atomic E-state index is 0.321. The largest absolute Gasteiger partial charge is 0.378 e. The van der Waals surface area contributed by atoms with Gasteiger partial charge >= 0.3 is 0 Å². The summed E-state index contributed by atoms with van der Waals surface area (Å²) in [6.45, 7) is 2.18. The Hall–Kier alpha value is -3.59. The van der Waals surface area contributed by atoms with E-state index >= 15 is 0 Å². The summed E-state index contributed by atoms with van der Waals surface area (Å²) in [6, 6.07) is 26.2. The zero-order valence-corrected chi connectivity index (χ0v) is 17.5. The van der Waals surface area contributed by atoms with Gasteiger partial charge in [0.2, 0.25) is 0 Å². The van der Waals surface area contributed by atoms with Crippen LogP contribution in [0.15, 0.2) is 89.9 Å². The van der Waals surface area contributed by atoms with Gasteiger partial charge in [-0.2, -0.15) is 0 Å². The molecule has 2 N–H and O–H groups in total. The Balaban J connectivity index is 1.25. The lowest BCUT2D eigenvalue weighted by Crippen LogP contribution is -2.29. The fourth-order valence-corrected chi connectivity index (χ4v) is 5.12. The number of benzene rings is 3. The number of hydrogen-bond donors (Lipinski definition) is 2. The molecule has 0 amide bonds. The minimum Gasteiger partial charge on any atom is -0.378 e. The van der Waals surface area contributed by atoms with Gasteiger partial charge in [0.1, 0.15) is 0 Å². The van der Waals surface area contributed by atoms with Crippen molar-refractivity contribution < 1.29 is 0 Å². The van der Waals surface area contributed by atoms with Gasteiger partial charge in [0.15, 0.2) is 0 Å². The maximum atomic E-state index is 4.68. The molecule has 2 heterocycles. The molecule has 0 bridgehead atoms. The van der Waals surface area contributed by atoms with Crippen molar-refractivity contribution in [3.05, 3.63) is 107 Å². The van der Waals surface area contributed by atoms with Gasteiger partial charge in [-0.3, -0.25) is 4.99 Å². The maximum absolute atomic E-state index is 4.68. The molecule has 0 saturated carbocycles. The first-order valence-corrected chi connectivity index (χ1v) is 11.0. The third-order valence-corrected chi connectivity index (χ3v) is 6.67. The van der Waals surface area contributed by atoms with E-state index in [1.807, 2.05) is 12.3 Å². The third-order valence-electron chi connectivity index (χ3n) is 6.67. The number of para-hydroxylation sites is 1. The fraction of sp³-hybridized carbons (Fsp3) is 0.179. The van der Waals surface area contributed by atoms with Crippen molar-refractivity contribution in [3.8, 4) is 0 Å². The Kier molecular flexibility index (Phi) is 4.27. The molecule has 0 fully saturated rings. The van der Waals surface area contributed by atoms with E-state index in [0.717, 1.165) is 23.3 Å². The summed E-state index contributed by atoms with van der Waals surface area (Å²) in [5, 5.41) is 5.03. The lowest BCUT2D eigenvalue weighted by atomic mass is 9.76. The molecule has 31 heavy (non-hydrogen) atoms. The van der Waals surface area contributed by atoms with E-state index < -0.39 is 0 Å². The number of fused-ring (bicyclic) bond motifs is 4. The van der Waals surface area contributed by atoms with E-state index in [-0.39, 0.29) is 0 Å². The highest BCUT2D eigenvalue weighted by Gasteiger charge is 2.37. The Labute approximate surface area is 182 Å². The number of anilines is 1. The van der Waals surface area contributed by atoms with Gasteiger partial charge in [0.05, 0.1) is 23.6 Å². The zero-order valence-electron chi connectivity index (χ0n) is 17.5. The molecule has 3 atom stereocenters. The van der Waals surface area contributed by atoms with E-state index in [2.05, 4.69) is 101 Å². The van der Waals surface area contributed by atoms with Crippen LogP contribution in [0.3, 0.4) is 0 Å². The standard InChI is InChI=1S/C28H25N3/c1-18-9-14-27-25(15-18)23-6-4-7-24(23)28(31-27)19-10-12-21(13-11-19)29-17-22-16-20-5-2-3-8-26(20)30-22/h2-6,8-17,23-24,28,30-31H,7H2,1H3/t23-,24+,28-/m1/s1. The molecule has 3 heteroatoms. The molecule has 0 unspecified atom stereocenters. The molecule has 1 aromatic heterocycles. The Bertz CT molecular complexity index is 1280. The minimum absolute atomic E-state index is 0.321. The van der Waals surface area contributed by atoms with Crippen LogP contribution < -0.4 is 5.32 Å². The highest BCUT2D eigenvalue weighted by molar-refractivity contribution is 5.90. The second-order valence-electron chi connectivity index (χ2n) is 8.73. The summed E-state index contributed by atoms with van der Waals surface area (Å²) in [4.78, 5) is 8.08. The Morgan fingerprint density at radius 3 is 2.71 bits per heavy atom. The van der Waals surface area contributed by atoms with Crippen molar-refractivity contribution in [1.82, 2.24) is 4.98 Å². The van der Waals surface area contributed by atoms with Gasteiger partial charge in [-0.15, -0.1) is 0 Å². The number of rotatable bonds is 3. The smallest absolute Gasteiger partial charge is 0.0630 e. The van der Waals surface area contributed by atoms with Crippen molar-refractivity contribution in [3.63, 3.8) is 0 Å². The molecule has 4 aromatic rings. The SMILES string of the molecule is Cc1ccc2c(c1)[C@@H]1C=CC[C@@H]1[C@@H](c1ccc(N=Cc3cc4ccccc4[nH]3)cc1)N2. The maximum Gasteiger partial charge on any atom is 0.0630 e. The normalized spacial score (nSPS) is 21.9. The van der Waals surface area contributed by atoms with Crippen LogP contribution >= 0.6 is 0 Å². The summed E-state index contributed by atoms with van der Waals surface area (Å²) in [5.74, 6) is 1.07. The van der Waals surface area contributed by atoms with E-state index in [9.17, 15) is 0 Å². The molecule has 6 rings (SSSR count). The highest BCUT2D eigenvalue weighted by atomic mass is 15.0. The molecular formula is C28H25N3. The van der Waals surface area contributed by atoms with Crippen molar-refractivity contribution in [1.29, 1.82) is 0 Å². The molecular weight excluding hydrogens is 378 g/mol. The molecule has 3 nitrogen and oxygen atoms in total. The van der Waals surface area contributed by atoms with Crippen molar-refractivity contribution in [2.75, 3.05) is 5.32 Å². The van der Waals surface area contributed by atoms with Crippen LogP contribution in [0.4, 0.5) is 11.4 Å². The van der Waals surface area contributed by atoms with Crippen LogP contribution in [0.2, 0.25) is 0 Å². The fourth-order valence-electron chi connectivity index (χ4n) is 5.12. The number of allylic oxidation sites excluding steroid dienone is 2. The van der Waals surface area contributed by atoms with Crippen LogP contribution in [0.1, 0.15) is 40.8 Å². The molecule has 1 aliphatic heterocycles. The molecule has 1 aliphatic carbocycles.